The van der Waals surface area contributed by atoms with Crippen molar-refractivity contribution >= 4 is 0 Å². The maximum Gasteiger partial charge on any atom is 0.403 e. The molecule has 0 amide bonds. The van der Waals surface area contributed by atoms with E-state index >= 15 is 0 Å². The molecule has 1 atom stereocenters. The lowest BCUT2D eigenvalue weighted by Gasteiger charge is -2.23. The first-order valence-corrected chi connectivity index (χ1v) is 4.70. The fourth-order valence-corrected chi connectivity index (χ4v) is 1.15. The highest BCUT2D eigenvalue weighted by Crippen LogP contribution is 2.24. The van der Waals surface area contributed by atoms with Gasteiger partial charge in [-0.25, -0.2) is 0 Å². The predicted octanol–water partition coefficient (Wildman–Crippen LogP) is 3.11. The van der Waals surface area contributed by atoms with Gasteiger partial charge in [0.1, 0.15) is 6.04 Å². The minimum Gasteiger partial charge on any atom is -0.304 e. The lowest BCUT2D eigenvalue weighted by Crippen LogP contribution is -2.45. The Labute approximate surface area is 77.7 Å². The van der Waals surface area contributed by atoms with Crippen LogP contribution in [0.2, 0.25) is 0 Å². The highest BCUT2D eigenvalue weighted by Gasteiger charge is 2.38. The topological polar surface area (TPSA) is 12.0 Å². The van der Waals surface area contributed by atoms with E-state index in [4.69, 9.17) is 0 Å². The Balaban J connectivity index is 4.03. The van der Waals surface area contributed by atoms with E-state index in [9.17, 15) is 13.2 Å². The van der Waals surface area contributed by atoms with Crippen molar-refractivity contribution in [3.05, 3.63) is 0 Å². The van der Waals surface area contributed by atoms with Gasteiger partial charge in [0.25, 0.3) is 0 Å². The van der Waals surface area contributed by atoms with Crippen LogP contribution in [0.5, 0.6) is 0 Å². The third-order valence-electron chi connectivity index (χ3n) is 1.78. The van der Waals surface area contributed by atoms with E-state index in [1.165, 1.54) is 0 Å². The number of hydrogen-bond donors (Lipinski definition) is 1. The second-order valence-electron chi connectivity index (χ2n) is 3.56. The summed E-state index contributed by atoms with van der Waals surface area (Å²) < 4.78 is 37.0. The van der Waals surface area contributed by atoms with Crippen LogP contribution >= 0.6 is 0 Å². The molecule has 0 aliphatic heterocycles. The van der Waals surface area contributed by atoms with Crippen molar-refractivity contribution in [1.82, 2.24) is 5.32 Å². The van der Waals surface area contributed by atoms with Crippen molar-refractivity contribution in [3.8, 4) is 0 Å². The van der Waals surface area contributed by atoms with E-state index in [0.29, 0.717) is 6.42 Å². The molecule has 1 N–H and O–H groups in total. The van der Waals surface area contributed by atoms with Crippen molar-refractivity contribution in [2.75, 3.05) is 0 Å². The molecular formula is C9H18F3N. The maximum absolute atomic E-state index is 12.3. The molecule has 80 valence electrons. The zero-order chi connectivity index (χ0) is 10.5. The lowest BCUT2D eigenvalue weighted by molar-refractivity contribution is -0.158. The van der Waals surface area contributed by atoms with Crippen LogP contribution in [0, 0.1) is 0 Å². The van der Waals surface area contributed by atoms with Crippen LogP contribution in [0.1, 0.15) is 40.0 Å². The molecule has 0 rings (SSSR count). The summed E-state index contributed by atoms with van der Waals surface area (Å²) in [6.07, 6.45) is -2.52. The van der Waals surface area contributed by atoms with Crippen LogP contribution in [0.3, 0.4) is 0 Å². The van der Waals surface area contributed by atoms with Crippen molar-refractivity contribution in [2.45, 2.75) is 58.3 Å². The van der Waals surface area contributed by atoms with E-state index in [1.807, 2.05) is 6.92 Å². The van der Waals surface area contributed by atoms with E-state index in [1.54, 1.807) is 13.8 Å². The van der Waals surface area contributed by atoms with Gasteiger partial charge in [-0.2, -0.15) is 13.2 Å². The Kier molecular flexibility index (Phi) is 5.37. The Morgan fingerprint density at radius 2 is 1.77 bits per heavy atom. The van der Waals surface area contributed by atoms with Gasteiger partial charge in [0, 0.05) is 6.04 Å². The van der Waals surface area contributed by atoms with Gasteiger partial charge in [-0.05, 0) is 6.42 Å². The first-order valence-electron chi connectivity index (χ1n) is 4.70. The molecule has 0 saturated carbocycles. The molecule has 0 fully saturated rings. The smallest absolute Gasteiger partial charge is 0.304 e. The summed E-state index contributed by atoms with van der Waals surface area (Å²) in [4.78, 5) is 0. The summed E-state index contributed by atoms with van der Waals surface area (Å²) >= 11 is 0. The molecule has 0 aromatic heterocycles. The van der Waals surface area contributed by atoms with E-state index in [-0.39, 0.29) is 12.5 Å². The number of hydrogen-bond acceptors (Lipinski definition) is 1. The second kappa shape index (κ2) is 5.47. The van der Waals surface area contributed by atoms with Gasteiger partial charge in [-0.15, -0.1) is 0 Å². The quantitative estimate of drug-likeness (QED) is 0.714. The Bertz CT molecular complexity index is 131. The molecule has 0 unspecified atom stereocenters. The maximum atomic E-state index is 12.3. The predicted molar refractivity (Wildman–Crippen MR) is 47.6 cm³/mol. The van der Waals surface area contributed by atoms with Crippen molar-refractivity contribution in [1.29, 1.82) is 0 Å². The van der Waals surface area contributed by atoms with Crippen LogP contribution in [-0.2, 0) is 0 Å². The SMILES string of the molecule is CCCC[C@H](NC(C)C)C(F)(F)F. The average Bonchev–Trinajstić information content (AvgIpc) is 1.95. The fourth-order valence-electron chi connectivity index (χ4n) is 1.15. The van der Waals surface area contributed by atoms with Crippen LogP contribution in [-0.4, -0.2) is 18.3 Å². The van der Waals surface area contributed by atoms with Gasteiger partial charge in [0.15, 0.2) is 0 Å². The molecule has 0 saturated heterocycles. The van der Waals surface area contributed by atoms with E-state index in [0.717, 1.165) is 6.42 Å². The Hall–Kier alpha value is -0.250. The zero-order valence-electron chi connectivity index (χ0n) is 8.41. The first kappa shape index (κ1) is 12.8. The molecule has 0 bridgehead atoms. The molecule has 0 aliphatic carbocycles. The summed E-state index contributed by atoms with van der Waals surface area (Å²) in [7, 11) is 0. The molecule has 0 heterocycles. The lowest BCUT2D eigenvalue weighted by atomic mass is 10.1. The summed E-state index contributed by atoms with van der Waals surface area (Å²) in [5.74, 6) is 0. The Morgan fingerprint density at radius 3 is 2.08 bits per heavy atom. The molecule has 13 heavy (non-hydrogen) atoms. The fraction of sp³-hybridized carbons (Fsp3) is 1.00. The monoisotopic (exact) mass is 197 g/mol. The third-order valence-corrected chi connectivity index (χ3v) is 1.78. The van der Waals surface area contributed by atoms with Crippen LogP contribution in [0.4, 0.5) is 13.2 Å². The van der Waals surface area contributed by atoms with Crippen molar-refractivity contribution < 1.29 is 13.2 Å². The summed E-state index contributed by atoms with van der Waals surface area (Å²) in [5.41, 5.74) is 0. The van der Waals surface area contributed by atoms with Gasteiger partial charge < -0.3 is 5.32 Å². The number of alkyl halides is 3. The summed E-state index contributed by atoms with van der Waals surface area (Å²) in [6, 6.07) is -1.46. The average molecular weight is 197 g/mol. The first-order chi connectivity index (χ1) is 5.88. The molecule has 4 heteroatoms. The minimum absolute atomic E-state index is 0.122. The Morgan fingerprint density at radius 1 is 1.23 bits per heavy atom. The van der Waals surface area contributed by atoms with Gasteiger partial charge in [0.2, 0.25) is 0 Å². The number of nitrogens with one attached hydrogen (secondary N) is 1. The largest absolute Gasteiger partial charge is 0.403 e. The van der Waals surface area contributed by atoms with Gasteiger partial charge >= 0.3 is 6.18 Å². The molecule has 1 nitrogen and oxygen atoms in total. The van der Waals surface area contributed by atoms with E-state index < -0.39 is 12.2 Å². The van der Waals surface area contributed by atoms with Crippen LogP contribution < -0.4 is 5.32 Å². The summed E-state index contributed by atoms with van der Waals surface area (Å²) in [5, 5.41) is 2.53. The van der Waals surface area contributed by atoms with Gasteiger partial charge in [-0.3, -0.25) is 0 Å². The van der Waals surface area contributed by atoms with Gasteiger partial charge in [-0.1, -0.05) is 33.6 Å². The normalized spacial score (nSPS) is 15.0. The zero-order valence-corrected chi connectivity index (χ0v) is 8.41. The van der Waals surface area contributed by atoms with Crippen molar-refractivity contribution in [3.63, 3.8) is 0 Å². The number of halogens is 3. The van der Waals surface area contributed by atoms with Crippen molar-refractivity contribution in [2.24, 2.45) is 0 Å². The molecule has 0 spiro atoms. The molecule has 0 aromatic rings. The number of unbranched alkanes of at least 4 members (excludes halogenated alkanes) is 1. The van der Waals surface area contributed by atoms with Gasteiger partial charge in [0.05, 0.1) is 0 Å². The van der Waals surface area contributed by atoms with Crippen LogP contribution in [0.25, 0.3) is 0 Å². The molecule has 0 aliphatic rings. The third kappa shape index (κ3) is 5.91. The highest BCUT2D eigenvalue weighted by atomic mass is 19.4. The van der Waals surface area contributed by atoms with Crippen LogP contribution in [0.15, 0.2) is 0 Å². The molecular weight excluding hydrogens is 179 g/mol. The standard InChI is InChI=1S/C9H18F3N/c1-4-5-6-8(9(10,11)12)13-7(2)3/h7-8,13H,4-6H2,1-3H3/t8-/m0/s1. The molecule has 0 aromatic carbocycles. The molecule has 0 radical (unpaired) electrons. The number of rotatable bonds is 5. The minimum atomic E-state index is -4.11. The highest BCUT2D eigenvalue weighted by molar-refractivity contribution is 4.76. The summed E-state index contributed by atoms with van der Waals surface area (Å²) in [6.45, 7) is 5.35. The van der Waals surface area contributed by atoms with E-state index in [2.05, 4.69) is 5.32 Å². The second-order valence-corrected chi connectivity index (χ2v) is 3.56.